The zero-order valence-electron chi connectivity index (χ0n) is 10.3. The summed E-state index contributed by atoms with van der Waals surface area (Å²) in [5.41, 5.74) is 3.45. The van der Waals surface area contributed by atoms with Crippen molar-refractivity contribution in [1.82, 2.24) is 9.46 Å². The quantitative estimate of drug-likeness (QED) is 0.622. The summed E-state index contributed by atoms with van der Waals surface area (Å²) < 4.78 is 32.6. The Morgan fingerprint density at radius 2 is 2.05 bits per heavy atom. The lowest BCUT2D eigenvalue weighted by Crippen LogP contribution is -2.50. The molecule has 21 heavy (non-hydrogen) atoms. The number of nitrogens with zero attached hydrogens (tertiary/aromatic N) is 3. The number of halogens is 4. The van der Waals surface area contributed by atoms with Gasteiger partial charge in [0.1, 0.15) is 0 Å². The maximum Gasteiger partial charge on any atom is 0.738 e. The van der Waals surface area contributed by atoms with Crippen molar-refractivity contribution in [2.75, 3.05) is 0 Å². The predicted molar refractivity (Wildman–Crippen MR) is 87.0 cm³/mol. The zero-order valence-corrected chi connectivity index (χ0v) is 14.3. The van der Waals surface area contributed by atoms with Crippen LogP contribution in [0.2, 0.25) is 0 Å². The molecule has 3 nitrogen and oxygen atoms in total. The molecule has 0 bridgehead atoms. The molecular formula is C12H6BBr2F2N3S. The summed E-state index contributed by atoms with van der Waals surface area (Å²) >= 11 is 7.89. The maximum atomic E-state index is 14.9. The van der Waals surface area contributed by atoms with Crippen molar-refractivity contribution >= 4 is 60.4 Å². The first-order chi connectivity index (χ1) is 10.0. The molecule has 0 saturated carbocycles. The maximum absolute atomic E-state index is 14.9. The lowest BCUT2D eigenvalue weighted by atomic mass is 9.88. The van der Waals surface area contributed by atoms with Crippen molar-refractivity contribution in [3.8, 4) is 0 Å². The highest BCUT2D eigenvalue weighted by atomic mass is 79.9. The Hall–Kier alpha value is -1.06. The summed E-state index contributed by atoms with van der Waals surface area (Å²) in [4.78, 5) is 4.93. The van der Waals surface area contributed by atoms with E-state index >= 15 is 0 Å². The number of thiazole rings is 1. The molecule has 2 aromatic heterocycles. The van der Waals surface area contributed by atoms with E-state index in [1.165, 1.54) is 11.3 Å². The monoisotopic (exact) mass is 431 g/mol. The van der Waals surface area contributed by atoms with E-state index in [9.17, 15) is 8.63 Å². The normalized spacial score (nSPS) is 19.2. The standard InChI is InChI=1S/C12H6BBr2F2N3S/c14-10-3-1-7-12(9-5-18-6-21-9)8-2-4-11(15)20(8)13(16,17)19(7)10/h1-6H. The molecule has 0 amide bonds. The molecule has 0 saturated heterocycles. The van der Waals surface area contributed by atoms with E-state index in [0.29, 0.717) is 20.6 Å². The third-order valence-electron chi connectivity index (χ3n) is 3.55. The summed E-state index contributed by atoms with van der Waals surface area (Å²) in [6.45, 7) is -3.95. The van der Waals surface area contributed by atoms with Crippen LogP contribution in [-0.4, -0.2) is 25.5 Å². The molecule has 0 spiro atoms. The van der Waals surface area contributed by atoms with Gasteiger partial charge in [-0.1, -0.05) is 0 Å². The molecular weight excluding hydrogens is 427 g/mol. The molecule has 0 atom stereocenters. The average Bonchev–Trinajstić information content (AvgIpc) is 3.11. The van der Waals surface area contributed by atoms with Crippen LogP contribution in [0.15, 0.2) is 46.3 Å². The van der Waals surface area contributed by atoms with Crippen molar-refractivity contribution in [2.45, 2.75) is 0 Å². The van der Waals surface area contributed by atoms with Crippen molar-refractivity contribution in [3.63, 3.8) is 0 Å². The zero-order chi connectivity index (χ0) is 14.8. The summed E-state index contributed by atoms with van der Waals surface area (Å²) in [5, 5.41) is 0. The van der Waals surface area contributed by atoms with E-state index < -0.39 is 6.97 Å². The average molecular weight is 433 g/mol. The first-order valence-corrected chi connectivity index (χ1v) is 8.51. The van der Waals surface area contributed by atoms with Crippen LogP contribution < -0.4 is 0 Å². The Labute approximate surface area is 139 Å². The van der Waals surface area contributed by atoms with Gasteiger partial charge >= 0.3 is 6.97 Å². The van der Waals surface area contributed by atoms with Gasteiger partial charge in [0, 0.05) is 40.0 Å². The Balaban J connectivity index is 2.14. The van der Waals surface area contributed by atoms with Crippen LogP contribution in [0.3, 0.4) is 0 Å². The third kappa shape index (κ3) is 1.74. The molecule has 0 aromatic carbocycles. The number of aromatic nitrogens is 2. The number of rotatable bonds is 1. The van der Waals surface area contributed by atoms with Gasteiger partial charge in [0.05, 0.1) is 20.6 Å². The Bertz CT molecular complexity index is 852. The second kappa shape index (κ2) is 4.47. The topological polar surface area (TPSA) is 20.8 Å². The minimum Gasteiger partial charge on any atom is -0.389 e. The van der Waals surface area contributed by atoms with Crippen molar-refractivity contribution < 1.29 is 13.1 Å². The van der Waals surface area contributed by atoms with Crippen LogP contribution in [0.25, 0.3) is 5.57 Å². The molecule has 9 heteroatoms. The largest absolute Gasteiger partial charge is 0.738 e. The van der Waals surface area contributed by atoms with Gasteiger partial charge in [-0.3, -0.25) is 4.98 Å². The summed E-state index contributed by atoms with van der Waals surface area (Å²) in [6, 6.07) is 3.35. The second-order valence-electron chi connectivity index (χ2n) is 4.65. The van der Waals surface area contributed by atoms with Gasteiger partial charge < -0.3 is 17.6 Å². The predicted octanol–water partition coefficient (Wildman–Crippen LogP) is 4.08. The number of hydrogen-bond acceptors (Lipinski definition) is 2. The minimum absolute atomic E-state index is 0.357. The Kier molecular flexibility index (Phi) is 2.89. The van der Waals surface area contributed by atoms with Crippen LogP contribution in [0.4, 0.5) is 8.63 Å². The van der Waals surface area contributed by atoms with Gasteiger partial charge in [-0.2, -0.15) is 0 Å². The van der Waals surface area contributed by atoms with E-state index in [0.717, 1.165) is 19.4 Å². The lowest BCUT2D eigenvalue weighted by Gasteiger charge is -2.31. The highest BCUT2D eigenvalue weighted by molar-refractivity contribution is 9.18. The fourth-order valence-electron chi connectivity index (χ4n) is 2.72. The van der Waals surface area contributed by atoms with Crippen LogP contribution >= 0.6 is 43.2 Å². The Morgan fingerprint density at radius 1 is 1.24 bits per heavy atom. The van der Waals surface area contributed by atoms with Gasteiger partial charge in [-0.05, 0) is 28.1 Å². The van der Waals surface area contributed by atoms with Crippen LogP contribution in [0.5, 0.6) is 0 Å². The number of hydrogen-bond donors (Lipinski definition) is 0. The van der Waals surface area contributed by atoms with Crippen LogP contribution in [-0.2, 0) is 0 Å². The first kappa shape index (κ1) is 13.6. The fourth-order valence-corrected chi connectivity index (χ4v) is 4.55. The summed E-state index contributed by atoms with van der Waals surface area (Å²) in [5.74, 6) is 0. The van der Waals surface area contributed by atoms with Crippen LogP contribution in [0.1, 0.15) is 10.6 Å². The van der Waals surface area contributed by atoms with Gasteiger partial charge in [0.25, 0.3) is 0 Å². The Morgan fingerprint density at radius 3 is 2.76 bits per heavy atom. The van der Waals surface area contributed by atoms with Crippen molar-refractivity contribution in [2.24, 2.45) is 0 Å². The SMILES string of the molecule is F[B-]1(F)n2c(Br)ccc2C(c2cncs2)=C2C=CC(Br)=[N+]21. The number of allylic oxidation sites excluding steroid dienone is 2. The third-order valence-corrected chi connectivity index (χ3v) is 5.63. The molecule has 2 aliphatic heterocycles. The highest BCUT2D eigenvalue weighted by Gasteiger charge is 2.54. The van der Waals surface area contributed by atoms with Crippen molar-refractivity contribution in [1.29, 1.82) is 0 Å². The fraction of sp³-hybridized carbons (Fsp3) is 0. The summed E-state index contributed by atoms with van der Waals surface area (Å²) in [7, 11) is 0. The second-order valence-corrected chi connectivity index (χ2v) is 7.16. The van der Waals surface area contributed by atoms with Gasteiger partial charge in [-0.25, -0.2) is 0 Å². The van der Waals surface area contributed by atoms with E-state index in [1.807, 2.05) is 0 Å². The molecule has 0 fully saturated rings. The molecule has 0 unspecified atom stereocenters. The minimum atomic E-state index is -3.95. The van der Waals surface area contributed by atoms with E-state index in [1.54, 1.807) is 36.0 Å². The molecule has 0 aliphatic carbocycles. The van der Waals surface area contributed by atoms with Crippen molar-refractivity contribution in [3.05, 3.63) is 56.9 Å². The molecule has 0 radical (unpaired) electrons. The molecule has 2 aliphatic rings. The molecule has 106 valence electrons. The van der Waals surface area contributed by atoms with Gasteiger partial charge in [-0.15, -0.1) is 11.3 Å². The van der Waals surface area contributed by atoms with E-state index in [4.69, 9.17) is 0 Å². The molecule has 0 N–H and O–H groups in total. The van der Waals surface area contributed by atoms with Gasteiger partial charge in [0.15, 0.2) is 5.70 Å². The van der Waals surface area contributed by atoms with Crippen LogP contribution in [0, 0.1) is 0 Å². The van der Waals surface area contributed by atoms with Gasteiger partial charge in [0.2, 0.25) is 4.62 Å². The number of fused-ring (bicyclic) bond motifs is 2. The molecule has 4 heterocycles. The van der Waals surface area contributed by atoms with E-state index in [-0.39, 0.29) is 0 Å². The van der Waals surface area contributed by atoms with E-state index in [2.05, 4.69) is 36.8 Å². The molecule has 2 aromatic rings. The summed E-state index contributed by atoms with van der Waals surface area (Å²) in [6.07, 6.45) is 5.05. The first-order valence-electron chi connectivity index (χ1n) is 6.04. The smallest absolute Gasteiger partial charge is 0.389 e. The highest BCUT2D eigenvalue weighted by Crippen LogP contribution is 2.42. The molecule has 4 rings (SSSR count). The lowest BCUT2D eigenvalue weighted by molar-refractivity contribution is -0.358.